The summed E-state index contributed by atoms with van der Waals surface area (Å²) in [6.07, 6.45) is 3.49. The first-order valence-corrected chi connectivity index (χ1v) is 12.6. The molecule has 1 atom stereocenters. The van der Waals surface area contributed by atoms with Gasteiger partial charge in [-0.2, -0.15) is 0 Å². The van der Waals surface area contributed by atoms with Gasteiger partial charge in [0.25, 0.3) is 5.91 Å². The monoisotopic (exact) mass is 477 g/mol. The average molecular weight is 478 g/mol. The number of anilines is 2. The SMILES string of the molecule is [C-]#[N+]c1ccc(N2CC3(CCN(c4ccc(C(=O)N5CCNCC5)cc4)CC3)C[C@@H]2C)cc1Cl. The third kappa shape index (κ3) is 4.47. The van der Waals surface area contributed by atoms with Gasteiger partial charge in [0, 0.05) is 73.8 Å². The van der Waals surface area contributed by atoms with E-state index in [1.54, 1.807) is 0 Å². The highest BCUT2D eigenvalue weighted by molar-refractivity contribution is 6.33. The molecule has 6 nitrogen and oxygen atoms in total. The molecule has 3 aliphatic rings. The van der Waals surface area contributed by atoms with Gasteiger partial charge in [0.1, 0.15) is 0 Å². The maximum atomic E-state index is 12.7. The van der Waals surface area contributed by atoms with Crippen LogP contribution < -0.4 is 15.1 Å². The molecule has 0 aliphatic carbocycles. The number of hydrogen-bond acceptors (Lipinski definition) is 4. The van der Waals surface area contributed by atoms with Crippen LogP contribution in [0.25, 0.3) is 4.85 Å². The molecule has 2 aromatic carbocycles. The molecule has 2 aromatic rings. The highest BCUT2D eigenvalue weighted by atomic mass is 35.5. The van der Waals surface area contributed by atoms with Gasteiger partial charge in [0.05, 0.1) is 6.57 Å². The normalized spacial score (nSPS) is 22.1. The second-order valence-electron chi connectivity index (χ2n) is 10.0. The van der Waals surface area contributed by atoms with Crippen LogP contribution in [0.4, 0.5) is 17.1 Å². The van der Waals surface area contributed by atoms with Gasteiger partial charge < -0.3 is 20.0 Å². The zero-order chi connectivity index (χ0) is 23.7. The number of carbonyl (C=O) groups is 1. The average Bonchev–Trinajstić information content (AvgIpc) is 3.20. The van der Waals surface area contributed by atoms with E-state index in [4.69, 9.17) is 18.2 Å². The van der Waals surface area contributed by atoms with Crippen molar-refractivity contribution in [3.05, 3.63) is 64.5 Å². The van der Waals surface area contributed by atoms with Crippen molar-refractivity contribution in [3.63, 3.8) is 0 Å². The quantitative estimate of drug-likeness (QED) is 0.643. The summed E-state index contributed by atoms with van der Waals surface area (Å²) >= 11 is 6.32. The number of nitrogens with one attached hydrogen (secondary N) is 1. The first-order valence-electron chi connectivity index (χ1n) is 12.3. The molecular formula is C27H32ClN5O. The van der Waals surface area contributed by atoms with Gasteiger partial charge in [0.15, 0.2) is 0 Å². The van der Waals surface area contributed by atoms with Crippen molar-refractivity contribution in [1.82, 2.24) is 10.2 Å². The molecule has 1 spiro atoms. The van der Waals surface area contributed by atoms with Crippen molar-refractivity contribution in [3.8, 4) is 0 Å². The van der Waals surface area contributed by atoms with Gasteiger partial charge in [-0.1, -0.05) is 17.7 Å². The standard InChI is InChI=1S/C27H32ClN5O/c1-20-18-27(19-33(20)23-7-8-25(29-2)24(28)17-23)9-13-31(14-10-27)22-5-3-21(4-6-22)26(34)32-15-11-30-12-16-32/h3-8,17,20,30H,9-16,18-19H2,1H3/t20-/m0/s1. The van der Waals surface area contributed by atoms with Gasteiger partial charge >= 0.3 is 0 Å². The Labute approximate surface area is 207 Å². The molecule has 178 valence electrons. The smallest absolute Gasteiger partial charge is 0.253 e. The number of benzene rings is 2. The summed E-state index contributed by atoms with van der Waals surface area (Å²) < 4.78 is 0. The van der Waals surface area contributed by atoms with Crippen molar-refractivity contribution in [2.75, 3.05) is 55.6 Å². The number of piperidine rings is 1. The van der Waals surface area contributed by atoms with Gasteiger partial charge in [0.2, 0.25) is 5.69 Å². The maximum Gasteiger partial charge on any atom is 0.253 e. The van der Waals surface area contributed by atoms with Crippen molar-refractivity contribution >= 4 is 34.6 Å². The third-order valence-corrected chi connectivity index (χ3v) is 8.16. The van der Waals surface area contributed by atoms with Crippen LogP contribution in [0, 0.1) is 12.0 Å². The van der Waals surface area contributed by atoms with E-state index >= 15 is 0 Å². The Morgan fingerprint density at radius 2 is 1.74 bits per heavy atom. The lowest BCUT2D eigenvalue weighted by Crippen LogP contribution is -2.46. The summed E-state index contributed by atoms with van der Waals surface area (Å²) in [5.41, 5.74) is 3.94. The summed E-state index contributed by atoms with van der Waals surface area (Å²) in [6, 6.07) is 14.5. The van der Waals surface area contributed by atoms with E-state index in [1.165, 1.54) is 12.1 Å². The van der Waals surface area contributed by atoms with E-state index < -0.39 is 0 Å². The van der Waals surface area contributed by atoms with Crippen LogP contribution in [0.2, 0.25) is 5.02 Å². The van der Waals surface area contributed by atoms with E-state index in [9.17, 15) is 4.79 Å². The van der Waals surface area contributed by atoms with Crippen LogP contribution in [-0.2, 0) is 0 Å². The molecule has 7 heteroatoms. The Bertz CT molecular complexity index is 1080. The molecule has 34 heavy (non-hydrogen) atoms. The molecule has 3 saturated heterocycles. The minimum absolute atomic E-state index is 0.134. The largest absolute Gasteiger partial charge is 0.371 e. The van der Waals surface area contributed by atoms with Gasteiger partial charge in [-0.15, -0.1) is 0 Å². The molecule has 0 aromatic heterocycles. The van der Waals surface area contributed by atoms with Crippen molar-refractivity contribution in [1.29, 1.82) is 0 Å². The Balaban J connectivity index is 1.21. The summed E-state index contributed by atoms with van der Waals surface area (Å²) in [4.78, 5) is 23.1. The predicted octanol–water partition coefficient (Wildman–Crippen LogP) is 4.82. The van der Waals surface area contributed by atoms with Crippen LogP contribution in [0.5, 0.6) is 0 Å². The zero-order valence-electron chi connectivity index (χ0n) is 19.8. The first-order chi connectivity index (χ1) is 16.5. The highest BCUT2D eigenvalue weighted by Crippen LogP contribution is 2.46. The minimum Gasteiger partial charge on any atom is -0.371 e. The Hall–Kier alpha value is -2.75. The number of nitrogens with zero attached hydrogens (tertiary/aromatic N) is 4. The highest BCUT2D eigenvalue weighted by Gasteiger charge is 2.44. The van der Waals surface area contributed by atoms with Gasteiger partial charge in [-0.05, 0) is 68.0 Å². The number of halogens is 1. The Kier molecular flexibility index (Phi) is 6.42. The number of piperazine rings is 1. The second kappa shape index (κ2) is 9.48. The Morgan fingerprint density at radius 1 is 1.06 bits per heavy atom. The lowest BCUT2D eigenvalue weighted by Gasteiger charge is -2.40. The molecular weight excluding hydrogens is 446 g/mol. The van der Waals surface area contributed by atoms with E-state index in [0.717, 1.165) is 69.9 Å². The minimum atomic E-state index is 0.134. The fourth-order valence-electron chi connectivity index (χ4n) is 5.90. The topological polar surface area (TPSA) is 43.2 Å². The number of carbonyl (C=O) groups excluding carboxylic acids is 1. The van der Waals surface area contributed by atoms with Crippen molar-refractivity contribution in [2.24, 2.45) is 5.41 Å². The third-order valence-electron chi connectivity index (χ3n) is 7.86. The molecule has 0 bridgehead atoms. The molecule has 0 unspecified atom stereocenters. The van der Waals surface area contributed by atoms with E-state index in [0.29, 0.717) is 22.2 Å². The first kappa shape index (κ1) is 23.0. The maximum absolute atomic E-state index is 12.7. The zero-order valence-corrected chi connectivity index (χ0v) is 20.5. The number of hydrogen-bond donors (Lipinski definition) is 1. The predicted molar refractivity (Wildman–Crippen MR) is 138 cm³/mol. The number of rotatable bonds is 3. The molecule has 5 rings (SSSR count). The lowest BCUT2D eigenvalue weighted by molar-refractivity contribution is 0.0736. The summed E-state index contributed by atoms with van der Waals surface area (Å²) in [5.74, 6) is 0.134. The Morgan fingerprint density at radius 3 is 2.38 bits per heavy atom. The fraction of sp³-hybridized carbons (Fsp3) is 0.481. The van der Waals surface area contributed by atoms with E-state index in [2.05, 4.69) is 39.0 Å². The van der Waals surface area contributed by atoms with Gasteiger partial charge in [-0.3, -0.25) is 4.79 Å². The van der Waals surface area contributed by atoms with Crippen LogP contribution in [-0.4, -0.2) is 62.7 Å². The van der Waals surface area contributed by atoms with Crippen molar-refractivity contribution < 1.29 is 4.79 Å². The van der Waals surface area contributed by atoms with Crippen molar-refractivity contribution in [2.45, 2.75) is 32.2 Å². The molecule has 3 aliphatic heterocycles. The van der Waals surface area contributed by atoms with Crippen LogP contribution >= 0.6 is 11.6 Å². The van der Waals surface area contributed by atoms with E-state index in [1.807, 2.05) is 35.2 Å². The molecule has 0 saturated carbocycles. The van der Waals surface area contributed by atoms with Crippen LogP contribution in [0.1, 0.15) is 36.5 Å². The molecule has 3 fully saturated rings. The molecule has 1 amide bonds. The lowest BCUT2D eigenvalue weighted by atomic mass is 9.76. The summed E-state index contributed by atoms with van der Waals surface area (Å²) in [5, 5.41) is 3.83. The van der Waals surface area contributed by atoms with Crippen LogP contribution in [0.3, 0.4) is 0 Å². The molecule has 3 heterocycles. The summed E-state index contributed by atoms with van der Waals surface area (Å²) in [6.45, 7) is 15.9. The summed E-state index contributed by atoms with van der Waals surface area (Å²) in [7, 11) is 0. The second-order valence-corrected chi connectivity index (χ2v) is 10.4. The molecule has 1 N–H and O–H groups in total. The molecule has 0 radical (unpaired) electrons. The van der Waals surface area contributed by atoms with E-state index in [-0.39, 0.29) is 5.91 Å². The fourth-order valence-corrected chi connectivity index (χ4v) is 6.11. The van der Waals surface area contributed by atoms with Crippen LogP contribution in [0.15, 0.2) is 42.5 Å². The number of amides is 1. The van der Waals surface area contributed by atoms with Gasteiger partial charge in [-0.25, -0.2) is 4.85 Å².